The molecule has 66 valence electrons. The number of carbonyl (C=O) groups is 1. The molecule has 1 unspecified atom stereocenters. The Morgan fingerprint density at radius 1 is 1.45 bits per heavy atom. The third-order valence-electron chi connectivity index (χ3n) is 1.39. The van der Waals surface area contributed by atoms with Gasteiger partial charge in [0, 0.05) is 6.61 Å². The Morgan fingerprint density at radius 2 is 2.00 bits per heavy atom. The fourth-order valence-corrected chi connectivity index (χ4v) is 0.828. The Hall–Kier alpha value is -0.570. The molecule has 0 aliphatic rings. The summed E-state index contributed by atoms with van der Waals surface area (Å²) in [4.78, 5) is 11.0. The predicted molar refractivity (Wildman–Crippen MR) is 42.3 cm³/mol. The third kappa shape index (κ3) is 3.37. The molecule has 0 saturated carbocycles. The second-order valence-corrected chi connectivity index (χ2v) is 2.64. The third-order valence-corrected chi connectivity index (χ3v) is 1.39. The smallest absolute Gasteiger partial charge is 0.335 e. The molecule has 0 heterocycles. The molecule has 0 bridgehead atoms. The van der Waals surface area contributed by atoms with Gasteiger partial charge in [0.2, 0.25) is 0 Å². The van der Waals surface area contributed by atoms with Crippen molar-refractivity contribution in [1.82, 2.24) is 0 Å². The lowest BCUT2D eigenvalue weighted by atomic mass is 10.1. The molecule has 11 heavy (non-hydrogen) atoms. The molecular weight excluding hydrogens is 144 g/mol. The van der Waals surface area contributed by atoms with E-state index in [0.29, 0.717) is 6.61 Å². The van der Waals surface area contributed by atoms with Gasteiger partial charge in [-0.1, -0.05) is 13.8 Å². The summed E-state index contributed by atoms with van der Waals surface area (Å²) >= 11 is 0. The van der Waals surface area contributed by atoms with Gasteiger partial charge in [0.05, 0.1) is 7.11 Å². The van der Waals surface area contributed by atoms with Crippen LogP contribution in [0, 0.1) is 5.92 Å². The van der Waals surface area contributed by atoms with Gasteiger partial charge < -0.3 is 9.47 Å². The van der Waals surface area contributed by atoms with Crippen LogP contribution in [0.4, 0.5) is 0 Å². The zero-order valence-corrected chi connectivity index (χ0v) is 7.59. The fraction of sp³-hybridized carbons (Fsp3) is 0.875. The lowest BCUT2D eigenvalue weighted by molar-refractivity contribution is -0.156. The van der Waals surface area contributed by atoms with Crippen LogP contribution in [0.2, 0.25) is 0 Å². The molecule has 0 N–H and O–H groups in total. The maximum atomic E-state index is 11.0. The second kappa shape index (κ2) is 5.13. The average Bonchev–Trinajstić information content (AvgIpc) is 1.98. The van der Waals surface area contributed by atoms with Gasteiger partial charge in [0.25, 0.3) is 0 Å². The van der Waals surface area contributed by atoms with Gasteiger partial charge in [-0.3, -0.25) is 0 Å². The summed E-state index contributed by atoms with van der Waals surface area (Å²) in [5, 5.41) is 0. The summed E-state index contributed by atoms with van der Waals surface area (Å²) < 4.78 is 9.74. The van der Waals surface area contributed by atoms with Crippen molar-refractivity contribution in [1.29, 1.82) is 0 Å². The Balaban J connectivity index is 3.98. The molecule has 0 spiro atoms. The molecule has 0 amide bonds. The maximum absolute atomic E-state index is 11.0. The van der Waals surface area contributed by atoms with E-state index in [1.54, 1.807) is 0 Å². The minimum Gasteiger partial charge on any atom is -0.467 e. The normalized spacial score (nSPS) is 13.2. The summed E-state index contributed by atoms with van der Waals surface area (Å²) in [7, 11) is 1.37. The monoisotopic (exact) mass is 160 g/mol. The van der Waals surface area contributed by atoms with Gasteiger partial charge in [-0.15, -0.1) is 0 Å². The summed E-state index contributed by atoms with van der Waals surface area (Å²) in [6.45, 7) is 6.25. The number of hydrogen-bond acceptors (Lipinski definition) is 3. The molecule has 0 aromatic heterocycles. The van der Waals surface area contributed by atoms with Crippen LogP contribution in [0.25, 0.3) is 0 Å². The lowest BCUT2D eigenvalue weighted by Crippen LogP contribution is -2.30. The molecule has 0 aliphatic heterocycles. The van der Waals surface area contributed by atoms with Crippen LogP contribution in [0.15, 0.2) is 0 Å². The van der Waals surface area contributed by atoms with Gasteiger partial charge in [0.1, 0.15) is 0 Å². The van der Waals surface area contributed by atoms with Crippen molar-refractivity contribution in [3.8, 4) is 0 Å². The summed E-state index contributed by atoms with van der Waals surface area (Å²) in [5.74, 6) is -0.121. The zero-order chi connectivity index (χ0) is 8.85. The predicted octanol–water partition coefficient (Wildman–Crippen LogP) is 1.22. The number of carbonyl (C=O) groups excluding carboxylic acids is 1. The Kier molecular flexibility index (Phi) is 4.86. The van der Waals surface area contributed by atoms with Crippen LogP contribution in [0.5, 0.6) is 0 Å². The first kappa shape index (κ1) is 10.4. The summed E-state index contributed by atoms with van der Waals surface area (Å²) in [6.07, 6.45) is -0.412. The first-order valence-electron chi connectivity index (χ1n) is 3.82. The van der Waals surface area contributed by atoms with E-state index >= 15 is 0 Å². The summed E-state index contributed by atoms with van der Waals surface area (Å²) in [5.41, 5.74) is 0. The topological polar surface area (TPSA) is 35.5 Å². The van der Waals surface area contributed by atoms with Gasteiger partial charge in [-0.2, -0.15) is 0 Å². The van der Waals surface area contributed by atoms with Crippen LogP contribution in [-0.2, 0) is 14.3 Å². The van der Waals surface area contributed by atoms with Gasteiger partial charge in [-0.25, -0.2) is 4.79 Å². The molecule has 0 radical (unpaired) electrons. The Morgan fingerprint density at radius 3 is 2.27 bits per heavy atom. The number of rotatable bonds is 4. The second-order valence-electron chi connectivity index (χ2n) is 2.64. The molecular formula is C8H16O3. The van der Waals surface area contributed by atoms with Crippen molar-refractivity contribution in [2.45, 2.75) is 26.9 Å². The van der Waals surface area contributed by atoms with Crippen molar-refractivity contribution in [3.05, 3.63) is 0 Å². The molecule has 0 saturated heterocycles. The number of methoxy groups -OCH3 is 1. The van der Waals surface area contributed by atoms with Crippen molar-refractivity contribution in [3.63, 3.8) is 0 Å². The average molecular weight is 160 g/mol. The molecule has 3 nitrogen and oxygen atoms in total. The van der Waals surface area contributed by atoms with Crippen molar-refractivity contribution >= 4 is 5.97 Å². The highest BCUT2D eigenvalue weighted by atomic mass is 16.6. The molecule has 0 rings (SSSR count). The standard InChI is InChI=1S/C8H16O3/c1-5-11-7(6(2)3)8(9)10-4/h6-7H,5H2,1-4H3. The molecule has 1 atom stereocenters. The van der Waals surface area contributed by atoms with E-state index in [1.807, 2.05) is 20.8 Å². The van der Waals surface area contributed by atoms with Crippen LogP contribution < -0.4 is 0 Å². The van der Waals surface area contributed by atoms with E-state index < -0.39 is 6.10 Å². The van der Waals surface area contributed by atoms with E-state index in [9.17, 15) is 4.79 Å². The SMILES string of the molecule is CCOC(C(=O)OC)C(C)C. The summed E-state index contributed by atoms with van der Waals surface area (Å²) in [6, 6.07) is 0. The van der Waals surface area contributed by atoms with Crippen molar-refractivity contribution in [2.24, 2.45) is 5.92 Å². The zero-order valence-electron chi connectivity index (χ0n) is 7.59. The molecule has 0 aliphatic carbocycles. The molecule has 3 heteroatoms. The van der Waals surface area contributed by atoms with Crippen LogP contribution in [0.3, 0.4) is 0 Å². The van der Waals surface area contributed by atoms with E-state index in [0.717, 1.165) is 0 Å². The van der Waals surface area contributed by atoms with E-state index in [-0.39, 0.29) is 11.9 Å². The van der Waals surface area contributed by atoms with Crippen LogP contribution >= 0.6 is 0 Å². The number of esters is 1. The minimum atomic E-state index is -0.412. The van der Waals surface area contributed by atoms with Gasteiger partial charge >= 0.3 is 5.97 Å². The van der Waals surface area contributed by atoms with E-state index in [4.69, 9.17) is 4.74 Å². The van der Waals surface area contributed by atoms with E-state index in [2.05, 4.69) is 4.74 Å². The van der Waals surface area contributed by atoms with Crippen molar-refractivity contribution in [2.75, 3.05) is 13.7 Å². The van der Waals surface area contributed by atoms with Crippen molar-refractivity contribution < 1.29 is 14.3 Å². The highest BCUT2D eigenvalue weighted by Gasteiger charge is 2.22. The van der Waals surface area contributed by atoms with Gasteiger partial charge in [0.15, 0.2) is 6.10 Å². The Bertz CT molecular complexity index is 121. The Labute approximate surface area is 67.7 Å². The quantitative estimate of drug-likeness (QED) is 0.580. The molecule has 0 fully saturated rings. The largest absolute Gasteiger partial charge is 0.467 e. The van der Waals surface area contributed by atoms with E-state index in [1.165, 1.54) is 7.11 Å². The number of hydrogen-bond donors (Lipinski definition) is 0. The first-order valence-corrected chi connectivity index (χ1v) is 3.82. The van der Waals surface area contributed by atoms with Crippen LogP contribution in [0.1, 0.15) is 20.8 Å². The van der Waals surface area contributed by atoms with Gasteiger partial charge in [-0.05, 0) is 12.8 Å². The maximum Gasteiger partial charge on any atom is 0.335 e. The fourth-order valence-electron chi connectivity index (χ4n) is 0.828. The first-order chi connectivity index (χ1) is 5.13. The van der Waals surface area contributed by atoms with Crippen LogP contribution in [-0.4, -0.2) is 25.8 Å². The number of ether oxygens (including phenoxy) is 2. The highest BCUT2D eigenvalue weighted by molar-refractivity contribution is 5.74. The lowest BCUT2D eigenvalue weighted by Gasteiger charge is -2.17. The molecule has 0 aromatic carbocycles. The minimum absolute atomic E-state index is 0.169. The molecule has 0 aromatic rings. The highest BCUT2D eigenvalue weighted by Crippen LogP contribution is 2.07.